The van der Waals surface area contributed by atoms with E-state index in [2.05, 4.69) is 44.1 Å². The van der Waals surface area contributed by atoms with Crippen LogP contribution in [-0.2, 0) is 54.3 Å². The van der Waals surface area contributed by atoms with Gasteiger partial charge in [-0.05, 0) is 54.2 Å². The van der Waals surface area contributed by atoms with Crippen LogP contribution in [0.2, 0.25) is 0 Å². The average molecular weight is 1070 g/mol. The molecular weight excluding hydrogens is 981 g/mol. The van der Waals surface area contributed by atoms with Crippen molar-refractivity contribution in [3.63, 3.8) is 0 Å². The van der Waals surface area contributed by atoms with Crippen LogP contribution in [0.15, 0.2) is 72.9 Å². The van der Waals surface area contributed by atoms with Crippen molar-refractivity contribution in [1.29, 1.82) is 0 Å². The number of ether oxygens (including phenoxy) is 1. The summed E-state index contributed by atoms with van der Waals surface area (Å²) < 4.78 is 5.65. The Morgan fingerprint density at radius 2 is 1.25 bits per heavy atom. The van der Waals surface area contributed by atoms with Crippen molar-refractivity contribution >= 4 is 53.2 Å². The zero-order valence-electron chi connectivity index (χ0n) is 45.8. The molecular formula is C55H84N8O13. The smallest absolute Gasteiger partial charge is 0.329 e. The Bertz CT molecular complexity index is 2210. The van der Waals surface area contributed by atoms with E-state index in [1.807, 2.05) is 6.08 Å². The number of rotatable bonds is 28. The van der Waals surface area contributed by atoms with Crippen LogP contribution in [0.5, 0.6) is 5.75 Å². The van der Waals surface area contributed by atoms with E-state index < -0.39 is 127 Å². The molecule has 0 saturated carbocycles. The van der Waals surface area contributed by atoms with E-state index in [0.717, 1.165) is 50.3 Å². The first-order valence-electron chi connectivity index (χ1n) is 26.2. The number of allylic oxidation sites excluding steroid dienone is 1. The predicted molar refractivity (Wildman–Crippen MR) is 286 cm³/mol. The molecule has 8 atom stereocenters. The van der Waals surface area contributed by atoms with Crippen molar-refractivity contribution in [2.45, 2.75) is 156 Å². The van der Waals surface area contributed by atoms with Gasteiger partial charge in [-0.1, -0.05) is 124 Å². The van der Waals surface area contributed by atoms with Crippen molar-refractivity contribution in [2.24, 2.45) is 23.7 Å². The van der Waals surface area contributed by atoms with Crippen LogP contribution in [0.25, 0.3) is 0 Å². The number of phenols is 1. The number of aliphatic hydroxyl groups is 2. The van der Waals surface area contributed by atoms with Crippen LogP contribution in [0.4, 0.5) is 0 Å². The second-order valence-electron chi connectivity index (χ2n) is 20.3. The number of aromatic hydroxyl groups is 1. The molecule has 1 aliphatic rings. The topological polar surface area (TPSA) is 311 Å². The van der Waals surface area contributed by atoms with Gasteiger partial charge in [0.05, 0.1) is 31.3 Å². The third-order valence-electron chi connectivity index (χ3n) is 12.4. The van der Waals surface area contributed by atoms with Crippen molar-refractivity contribution in [3.05, 3.63) is 78.4 Å². The van der Waals surface area contributed by atoms with Gasteiger partial charge in [0.2, 0.25) is 47.3 Å². The summed E-state index contributed by atoms with van der Waals surface area (Å²) in [6.45, 7) is 14.1. The lowest BCUT2D eigenvalue weighted by molar-refractivity contribution is -0.156. The molecule has 422 valence electrons. The molecule has 21 nitrogen and oxygen atoms in total. The fourth-order valence-electron chi connectivity index (χ4n) is 7.71. The van der Waals surface area contributed by atoms with Gasteiger partial charge >= 0.3 is 5.97 Å². The minimum atomic E-state index is -1.18. The van der Waals surface area contributed by atoms with Crippen molar-refractivity contribution in [1.82, 2.24) is 42.1 Å². The zero-order valence-corrected chi connectivity index (χ0v) is 45.8. The summed E-state index contributed by atoms with van der Waals surface area (Å²) in [7, 11) is 1.42. The summed E-state index contributed by atoms with van der Waals surface area (Å²) >= 11 is 0. The van der Waals surface area contributed by atoms with E-state index >= 15 is 0 Å². The number of hydrogen-bond acceptors (Lipinski definition) is 13. The maximum Gasteiger partial charge on any atom is 0.329 e. The highest BCUT2D eigenvalue weighted by molar-refractivity contribution is 5.96. The van der Waals surface area contributed by atoms with Gasteiger partial charge in [0.1, 0.15) is 42.6 Å². The second kappa shape index (κ2) is 33.9. The highest BCUT2D eigenvalue weighted by atomic mass is 16.5. The maximum absolute atomic E-state index is 13.8. The Morgan fingerprint density at radius 3 is 1.75 bits per heavy atom. The van der Waals surface area contributed by atoms with Crippen molar-refractivity contribution in [2.75, 3.05) is 26.9 Å². The molecule has 76 heavy (non-hydrogen) atoms. The molecule has 1 aliphatic heterocycles. The van der Waals surface area contributed by atoms with Crippen LogP contribution < -0.4 is 37.2 Å². The van der Waals surface area contributed by atoms with Crippen LogP contribution in [-0.4, -0.2) is 149 Å². The molecule has 1 aromatic carbocycles. The van der Waals surface area contributed by atoms with E-state index in [1.54, 1.807) is 73.6 Å². The number of esters is 1. The number of phenolic OH excluding ortho intramolecular Hbond substituents is 1. The van der Waals surface area contributed by atoms with Gasteiger partial charge in [0.25, 0.3) is 0 Å². The Kier molecular flexibility index (Phi) is 29.1. The average Bonchev–Trinajstić information content (AvgIpc) is 3.36. The number of carbonyl (C=O) groups is 9. The molecule has 0 aromatic heterocycles. The van der Waals surface area contributed by atoms with Crippen LogP contribution in [0, 0.1) is 23.7 Å². The van der Waals surface area contributed by atoms with Gasteiger partial charge in [-0.15, -0.1) is 0 Å². The standard InChI is InChI=1S/C55H84N8O13/c1-11-12-13-14-15-16-17-18-43(67)59-47(33(2)3)51(71)56-38(30-64)21-26-44(68)60-48(34(4)5)52(72)57-39(31-65)22-27-45(69)61-49(35(6)7)53(73)58-40-23-28-46(70)62-50(36(8)9)54(74)63(10)42(55(75)76-32-40)29-37-19-24-41(66)25-20-37/h16-17,19-28,33-36,38-40,42,47-50,64-66H,11-15,18,29-32H2,1-10H3,(H,56,71)(H,57,72)(H,58,73)(H,59,67)(H,60,68)(H,61,69)(H,62,70)/b17-16-,26-21+,27-22+,28-23+/t38-,39-,40-,42+,47+,48+,49+,50+/m1/s1. The molecule has 21 heteroatoms. The quantitative estimate of drug-likeness (QED) is 0.0249. The van der Waals surface area contributed by atoms with E-state index in [1.165, 1.54) is 42.3 Å². The first kappa shape index (κ1) is 65.2. The largest absolute Gasteiger partial charge is 0.508 e. The van der Waals surface area contributed by atoms with Gasteiger partial charge in [-0.3, -0.25) is 38.4 Å². The summed E-state index contributed by atoms with van der Waals surface area (Å²) in [4.78, 5) is 121. The van der Waals surface area contributed by atoms with Crippen LogP contribution in [0.3, 0.4) is 0 Å². The van der Waals surface area contributed by atoms with Gasteiger partial charge < -0.3 is 62.2 Å². The number of carbonyl (C=O) groups excluding carboxylic acids is 9. The summed E-state index contributed by atoms with van der Waals surface area (Å²) in [5.41, 5.74) is 0.609. The fraction of sp³-hybridized carbons (Fsp3) is 0.582. The zero-order chi connectivity index (χ0) is 57.1. The fourth-order valence-corrected chi connectivity index (χ4v) is 7.71. The molecule has 0 radical (unpaired) electrons. The van der Waals surface area contributed by atoms with E-state index in [0.29, 0.717) is 5.56 Å². The number of unbranched alkanes of at least 4 members (excludes halogenated alkanes) is 4. The Balaban J connectivity index is 2.12. The molecule has 0 fully saturated rings. The van der Waals surface area contributed by atoms with Gasteiger partial charge in [0, 0.05) is 38.1 Å². The molecule has 10 N–H and O–H groups in total. The summed E-state index contributed by atoms with van der Waals surface area (Å²) in [6, 6.07) is -2.57. The minimum absolute atomic E-state index is 0.00627. The summed E-state index contributed by atoms with van der Waals surface area (Å²) in [6.07, 6.45) is 16.1. The van der Waals surface area contributed by atoms with E-state index in [-0.39, 0.29) is 36.3 Å². The first-order chi connectivity index (χ1) is 35.9. The van der Waals surface area contributed by atoms with Crippen molar-refractivity contribution < 1.29 is 63.2 Å². The lowest BCUT2D eigenvalue weighted by atomic mass is 9.99. The van der Waals surface area contributed by atoms with E-state index in [4.69, 9.17) is 4.74 Å². The molecule has 0 unspecified atom stereocenters. The monoisotopic (exact) mass is 1060 g/mol. The third kappa shape index (κ3) is 23.3. The molecule has 8 amide bonds. The second-order valence-corrected chi connectivity index (χ2v) is 20.3. The number of cyclic esters (lactones) is 1. The Hall–Kier alpha value is -6.87. The molecule has 2 rings (SSSR count). The number of amides is 8. The Labute approximate surface area is 447 Å². The van der Waals surface area contributed by atoms with Crippen molar-refractivity contribution in [3.8, 4) is 5.75 Å². The lowest BCUT2D eigenvalue weighted by Gasteiger charge is -2.32. The number of likely N-dealkylation sites (N-methyl/N-ethyl adjacent to an activating group) is 1. The molecule has 0 saturated heterocycles. The van der Waals surface area contributed by atoms with Gasteiger partial charge in [0.15, 0.2) is 0 Å². The molecule has 1 aromatic rings. The molecule has 0 spiro atoms. The first-order valence-corrected chi connectivity index (χ1v) is 26.2. The normalized spacial score (nSPS) is 19.1. The SMILES string of the molecule is CCCCCC/C=C\CC(=O)N[C@H](C(=O)N[C@H](/C=C/C(=O)N[C@H](C(=O)N[C@H](/C=C/C(=O)N[C@H](C(=O)N[C@@H]1/C=C/C(=O)N[C@@H](C(C)C)C(=O)N(C)[C@@H](Cc2ccc(O)cc2)C(=O)OC1)C(C)C)CO)C(C)C)CO)C(C)C. The summed E-state index contributed by atoms with van der Waals surface area (Å²) in [5, 5.41) is 48.5. The van der Waals surface area contributed by atoms with Crippen LogP contribution >= 0.6 is 0 Å². The molecule has 1 heterocycles. The number of nitrogens with one attached hydrogen (secondary N) is 7. The highest BCUT2D eigenvalue weighted by Crippen LogP contribution is 2.18. The highest BCUT2D eigenvalue weighted by Gasteiger charge is 2.36. The molecule has 0 aliphatic carbocycles. The van der Waals surface area contributed by atoms with E-state index in [9.17, 15) is 58.5 Å². The number of benzene rings is 1. The number of nitrogens with zero attached hydrogens (tertiary/aromatic N) is 1. The Morgan fingerprint density at radius 1 is 0.724 bits per heavy atom. The minimum Gasteiger partial charge on any atom is -0.508 e. The number of hydrogen-bond donors (Lipinski definition) is 10. The van der Waals surface area contributed by atoms with Crippen LogP contribution in [0.1, 0.15) is 106 Å². The number of aliphatic hydroxyl groups excluding tert-OH is 2. The third-order valence-corrected chi connectivity index (χ3v) is 12.4. The van der Waals surface area contributed by atoms with Gasteiger partial charge in [-0.2, -0.15) is 0 Å². The summed E-state index contributed by atoms with van der Waals surface area (Å²) in [5.74, 6) is -7.46. The predicted octanol–water partition coefficient (Wildman–Crippen LogP) is 1.91. The van der Waals surface area contributed by atoms with Gasteiger partial charge in [-0.25, -0.2) is 4.79 Å². The maximum atomic E-state index is 13.8. The molecule has 0 bridgehead atoms. The lowest BCUT2D eigenvalue weighted by Crippen LogP contribution is -2.56.